The summed E-state index contributed by atoms with van der Waals surface area (Å²) in [6.45, 7) is 3.92. The van der Waals surface area contributed by atoms with Crippen LogP contribution in [0.2, 0.25) is 0 Å². The molecule has 2 aromatic rings. The summed E-state index contributed by atoms with van der Waals surface area (Å²) < 4.78 is 21.4. The molecule has 0 radical (unpaired) electrons. The number of ketones is 2. The first-order chi connectivity index (χ1) is 25.0. The minimum absolute atomic E-state index is 0.0543. The highest BCUT2D eigenvalue weighted by Gasteiger charge is 2.46. The smallest absolute Gasteiger partial charge is 0.262 e. The van der Waals surface area contributed by atoms with E-state index >= 15 is 0 Å². The van der Waals surface area contributed by atoms with Gasteiger partial charge in [0.25, 0.3) is 23.6 Å². The summed E-state index contributed by atoms with van der Waals surface area (Å²) in [6.07, 6.45) is 0.246. The molecule has 17 heteroatoms. The summed E-state index contributed by atoms with van der Waals surface area (Å²) >= 11 is 0. The van der Waals surface area contributed by atoms with Crippen LogP contribution in [0.4, 0.5) is 0 Å². The van der Waals surface area contributed by atoms with Crippen molar-refractivity contribution in [3.8, 4) is 11.5 Å². The van der Waals surface area contributed by atoms with E-state index in [2.05, 4.69) is 10.6 Å². The third-order valence-corrected chi connectivity index (χ3v) is 8.38. The number of benzene rings is 2. The number of fused-ring (bicyclic) bond motifs is 2. The Labute approximate surface area is 297 Å². The molecule has 6 amide bonds. The van der Waals surface area contributed by atoms with E-state index in [1.165, 1.54) is 24.3 Å². The molecule has 2 aromatic carbocycles. The van der Waals surface area contributed by atoms with Gasteiger partial charge in [0, 0.05) is 19.7 Å². The lowest BCUT2D eigenvalue weighted by Gasteiger charge is -2.28. The van der Waals surface area contributed by atoms with E-state index < -0.39 is 59.1 Å². The highest BCUT2D eigenvalue weighted by Crippen LogP contribution is 2.30. The number of nitrogens with one attached hydrogen (secondary N) is 2. The predicted molar refractivity (Wildman–Crippen MR) is 177 cm³/mol. The molecular formula is C35H38N4O13. The van der Waals surface area contributed by atoms with Gasteiger partial charge in [0.2, 0.25) is 11.8 Å². The zero-order chi connectivity index (χ0) is 37.4. The lowest BCUT2D eigenvalue weighted by Crippen LogP contribution is -2.55. The van der Waals surface area contributed by atoms with Crippen LogP contribution >= 0.6 is 0 Å². The minimum atomic E-state index is -0.989. The maximum absolute atomic E-state index is 12.7. The van der Waals surface area contributed by atoms with Crippen LogP contribution in [-0.4, -0.2) is 133 Å². The molecule has 276 valence electrons. The van der Waals surface area contributed by atoms with Crippen molar-refractivity contribution >= 4 is 47.0 Å². The molecular weight excluding hydrogens is 684 g/mol. The fraction of sp³-hybridized carbons (Fsp3) is 0.429. The number of hydrogen-bond donors (Lipinski definition) is 3. The second-order valence-corrected chi connectivity index (χ2v) is 11.9. The molecule has 0 aliphatic carbocycles. The molecule has 4 heterocycles. The van der Waals surface area contributed by atoms with Gasteiger partial charge < -0.3 is 34.7 Å². The summed E-state index contributed by atoms with van der Waals surface area (Å²) in [4.78, 5) is 98.9. The van der Waals surface area contributed by atoms with Gasteiger partial charge in [-0.05, 0) is 42.8 Å². The molecule has 4 aliphatic heterocycles. The number of imide groups is 2. The molecule has 2 atom stereocenters. The van der Waals surface area contributed by atoms with Crippen molar-refractivity contribution < 1.29 is 62.4 Å². The number of nitrogens with zero attached hydrogens (tertiary/aromatic N) is 2. The summed E-state index contributed by atoms with van der Waals surface area (Å²) in [7, 11) is 0. The van der Waals surface area contributed by atoms with E-state index in [0.717, 1.165) is 16.2 Å². The number of piperidine rings is 2. The maximum atomic E-state index is 12.7. The third kappa shape index (κ3) is 8.33. The Hall–Kier alpha value is -5.52. The molecule has 4 aliphatic rings. The number of carbonyl (C=O) groups excluding carboxylic acids is 8. The van der Waals surface area contributed by atoms with Crippen LogP contribution in [0, 0.1) is 0 Å². The maximum Gasteiger partial charge on any atom is 0.262 e. The molecule has 0 saturated carbocycles. The van der Waals surface area contributed by atoms with Crippen molar-refractivity contribution in [1.29, 1.82) is 0 Å². The minimum Gasteiger partial charge on any atom is -0.491 e. The van der Waals surface area contributed by atoms with Crippen LogP contribution in [0.25, 0.3) is 0 Å². The normalized spacial score (nSPS) is 19.6. The van der Waals surface area contributed by atoms with Gasteiger partial charge in [0.15, 0.2) is 11.6 Å². The molecule has 0 bridgehead atoms. The summed E-state index contributed by atoms with van der Waals surface area (Å²) in [5.41, 5.74) is 0.790. The monoisotopic (exact) mass is 722 g/mol. The van der Waals surface area contributed by atoms with E-state index in [4.69, 9.17) is 24.1 Å². The van der Waals surface area contributed by atoms with E-state index in [-0.39, 0.29) is 74.6 Å². The Balaban J connectivity index is 0.000000201. The molecule has 6 rings (SSSR count). The highest BCUT2D eigenvalue weighted by atomic mass is 16.5. The molecule has 17 nitrogen and oxygen atoms in total. The van der Waals surface area contributed by atoms with E-state index in [0.29, 0.717) is 31.3 Å². The zero-order valence-corrected chi connectivity index (χ0v) is 28.3. The van der Waals surface area contributed by atoms with Gasteiger partial charge in [-0.1, -0.05) is 6.92 Å². The molecule has 0 aromatic heterocycles. The van der Waals surface area contributed by atoms with Crippen LogP contribution in [0.1, 0.15) is 67.6 Å². The highest BCUT2D eigenvalue weighted by molar-refractivity contribution is 6.24. The van der Waals surface area contributed by atoms with E-state index in [9.17, 15) is 38.4 Å². The first-order valence-corrected chi connectivity index (χ1v) is 16.7. The van der Waals surface area contributed by atoms with Crippen LogP contribution in [0.3, 0.4) is 0 Å². The third-order valence-electron chi connectivity index (χ3n) is 8.38. The molecule has 2 fully saturated rings. The van der Waals surface area contributed by atoms with Gasteiger partial charge in [0.1, 0.15) is 36.8 Å². The van der Waals surface area contributed by atoms with Gasteiger partial charge in [0.05, 0.1) is 61.5 Å². The summed E-state index contributed by atoms with van der Waals surface area (Å²) in [5, 5.41) is 13.6. The Morgan fingerprint density at radius 3 is 1.42 bits per heavy atom. The number of rotatable bonds is 14. The number of hydrogen-bond acceptors (Lipinski definition) is 13. The van der Waals surface area contributed by atoms with Gasteiger partial charge in [-0.25, -0.2) is 0 Å². The van der Waals surface area contributed by atoms with Crippen LogP contribution in [-0.2, 0) is 28.7 Å². The zero-order valence-electron chi connectivity index (χ0n) is 28.3. The number of aliphatic hydroxyl groups excluding tert-OH is 1. The fourth-order valence-electron chi connectivity index (χ4n) is 5.87. The number of Topliss-reactive ketones (excluding diaryl/α,β-unsaturated/α-hetero) is 2. The van der Waals surface area contributed by atoms with Crippen LogP contribution < -0.4 is 20.1 Å². The Morgan fingerprint density at radius 2 is 1.02 bits per heavy atom. The average molecular weight is 723 g/mol. The number of aliphatic hydroxyl groups is 1. The number of amides is 6. The predicted octanol–water partition coefficient (Wildman–Crippen LogP) is -0.326. The molecule has 2 unspecified atom stereocenters. The SMILES string of the molecule is CCCOCCOc1ccc2c(c1)C(=O)N(C1CNC(=O)CC1=O)C2=O.O=C1CC(=O)C(N2C(=O)c3ccc(OCCOCCO)cc3C2=O)CN1. The van der Waals surface area contributed by atoms with Gasteiger partial charge in [-0.15, -0.1) is 0 Å². The standard InChI is InChI=1S/C18H20N2O6.C17H18N2O7/c1-2-5-25-6-7-26-11-3-4-12-13(8-11)18(24)20(17(12)23)14-10-19-16(22)9-15(14)21;20-3-4-25-5-6-26-10-1-2-11-12(7-10)17(24)19(16(11)23)13-9-18-15(22)8-14(13)21/h3-4,8,14H,2,5-7,9-10H2,1H3,(H,19,22);1-2,7,13,20H,3-6,8-9H2,(H,18,22). The van der Waals surface area contributed by atoms with Crippen molar-refractivity contribution in [1.82, 2.24) is 20.4 Å². The van der Waals surface area contributed by atoms with Crippen molar-refractivity contribution in [3.63, 3.8) is 0 Å². The van der Waals surface area contributed by atoms with Gasteiger partial charge in [-0.2, -0.15) is 0 Å². The molecule has 52 heavy (non-hydrogen) atoms. The largest absolute Gasteiger partial charge is 0.491 e. The quantitative estimate of drug-likeness (QED) is 0.129. The first-order valence-electron chi connectivity index (χ1n) is 16.7. The van der Waals surface area contributed by atoms with Crippen molar-refractivity contribution in [3.05, 3.63) is 58.7 Å². The van der Waals surface area contributed by atoms with Crippen molar-refractivity contribution in [2.45, 2.75) is 38.3 Å². The second kappa shape index (κ2) is 17.1. The number of ether oxygens (including phenoxy) is 4. The molecule has 3 N–H and O–H groups in total. The van der Waals surface area contributed by atoms with E-state index in [1.807, 2.05) is 6.92 Å². The van der Waals surface area contributed by atoms with Crippen molar-refractivity contribution in [2.75, 3.05) is 59.3 Å². The van der Waals surface area contributed by atoms with Crippen molar-refractivity contribution in [2.24, 2.45) is 0 Å². The molecule has 2 saturated heterocycles. The number of carbonyl (C=O) groups is 8. The summed E-state index contributed by atoms with van der Waals surface area (Å²) in [6, 6.07) is 7.16. The Morgan fingerprint density at radius 1 is 0.596 bits per heavy atom. The lowest BCUT2D eigenvalue weighted by molar-refractivity contribution is -0.135. The molecule has 0 spiro atoms. The second-order valence-electron chi connectivity index (χ2n) is 11.9. The van der Waals surface area contributed by atoms with Gasteiger partial charge >= 0.3 is 0 Å². The Kier molecular flexibility index (Phi) is 12.4. The first kappa shape index (κ1) is 37.7. The van der Waals surface area contributed by atoms with Crippen LogP contribution in [0.5, 0.6) is 11.5 Å². The fourth-order valence-corrected chi connectivity index (χ4v) is 5.87. The van der Waals surface area contributed by atoms with E-state index in [1.54, 1.807) is 12.1 Å². The summed E-state index contributed by atoms with van der Waals surface area (Å²) in [5.74, 6) is -3.08. The Bertz CT molecular complexity index is 1650. The van der Waals surface area contributed by atoms with Crippen LogP contribution in [0.15, 0.2) is 36.4 Å². The van der Waals surface area contributed by atoms with Gasteiger partial charge in [-0.3, -0.25) is 48.2 Å². The lowest BCUT2D eigenvalue weighted by atomic mass is 10.0. The topological polar surface area (TPSA) is 224 Å². The average Bonchev–Trinajstić information content (AvgIpc) is 3.51.